The Morgan fingerprint density at radius 3 is 1.71 bits per heavy atom. The van der Waals surface area contributed by atoms with E-state index >= 15 is 0 Å². The van der Waals surface area contributed by atoms with Gasteiger partial charge in [-0.05, 0) is 57.9 Å². The lowest BCUT2D eigenvalue weighted by Crippen LogP contribution is -2.17. The van der Waals surface area contributed by atoms with Gasteiger partial charge in [-0.15, -0.1) is 0 Å². The van der Waals surface area contributed by atoms with Crippen LogP contribution in [0.2, 0.25) is 0 Å². The second-order valence-electron chi connectivity index (χ2n) is 12.4. The van der Waals surface area contributed by atoms with Crippen molar-refractivity contribution in [3.63, 3.8) is 0 Å². The molecule has 0 fully saturated rings. The van der Waals surface area contributed by atoms with E-state index in [1.807, 2.05) is 60.7 Å². The molecule has 5 aromatic carbocycles. The molecule has 0 unspecified atom stereocenters. The predicted molar refractivity (Wildman–Crippen MR) is 185 cm³/mol. The molecule has 2 aliphatic carbocycles. The van der Waals surface area contributed by atoms with Gasteiger partial charge in [0.25, 0.3) is 0 Å². The molecular weight excluding hydrogens is 546 g/mol. The summed E-state index contributed by atoms with van der Waals surface area (Å²) in [6.07, 6.45) is 6.93. The SMILES string of the molecule is CC1(C)C2=C(C=CCC2)c2ccc(-c3ccc(-c4ccccc4-c4nc(-c5ccccc5)nc(-c5ccccc5)n4)cc3)cc21. The highest BCUT2D eigenvalue weighted by Crippen LogP contribution is 2.50. The summed E-state index contributed by atoms with van der Waals surface area (Å²) in [6, 6.07) is 44.5. The molecule has 3 nitrogen and oxygen atoms in total. The first-order chi connectivity index (χ1) is 22.1. The van der Waals surface area contributed by atoms with Gasteiger partial charge in [0.15, 0.2) is 17.5 Å². The summed E-state index contributed by atoms with van der Waals surface area (Å²) in [5.41, 5.74) is 13.5. The summed E-state index contributed by atoms with van der Waals surface area (Å²) in [4.78, 5) is 14.9. The molecule has 8 rings (SSSR count). The quantitative estimate of drug-likeness (QED) is 0.204. The molecular formula is C42H33N3. The number of rotatable bonds is 5. The van der Waals surface area contributed by atoms with Gasteiger partial charge >= 0.3 is 0 Å². The van der Waals surface area contributed by atoms with Gasteiger partial charge in [-0.1, -0.05) is 153 Å². The number of benzene rings is 5. The molecule has 3 heteroatoms. The smallest absolute Gasteiger partial charge is 0.164 e. The zero-order chi connectivity index (χ0) is 30.4. The molecule has 0 atom stereocenters. The minimum atomic E-state index is 0.0616. The molecule has 45 heavy (non-hydrogen) atoms. The molecule has 2 aliphatic rings. The Bertz CT molecular complexity index is 2050. The average Bonchev–Trinajstić information content (AvgIpc) is 3.34. The summed E-state index contributed by atoms with van der Waals surface area (Å²) in [5.74, 6) is 1.99. The predicted octanol–water partition coefficient (Wildman–Crippen LogP) is 10.6. The Hall–Kier alpha value is -5.41. The maximum atomic E-state index is 5.00. The summed E-state index contributed by atoms with van der Waals surface area (Å²) in [6.45, 7) is 4.76. The minimum Gasteiger partial charge on any atom is -0.208 e. The normalized spacial score (nSPS) is 14.7. The first-order valence-electron chi connectivity index (χ1n) is 15.7. The molecule has 1 aromatic heterocycles. The first kappa shape index (κ1) is 27.2. The Kier molecular flexibility index (Phi) is 6.60. The molecule has 0 bridgehead atoms. The van der Waals surface area contributed by atoms with Crippen LogP contribution in [0.15, 0.2) is 145 Å². The lowest BCUT2D eigenvalue weighted by molar-refractivity contribution is 0.607. The third kappa shape index (κ3) is 4.81. The van der Waals surface area contributed by atoms with E-state index < -0.39 is 0 Å². The molecule has 0 saturated carbocycles. The van der Waals surface area contributed by atoms with Crippen LogP contribution >= 0.6 is 0 Å². The molecule has 6 aromatic rings. The van der Waals surface area contributed by atoms with Crippen LogP contribution in [0, 0.1) is 0 Å². The van der Waals surface area contributed by atoms with Crippen molar-refractivity contribution in [3.05, 3.63) is 156 Å². The molecule has 0 radical (unpaired) electrons. The van der Waals surface area contributed by atoms with E-state index in [0.29, 0.717) is 17.5 Å². The van der Waals surface area contributed by atoms with Gasteiger partial charge in [-0.25, -0.2) is 15.0 Å². The molecule has 0 saturated heterocycles. The van der Waals surface area contributed by atoms with Crippen LogP contribution in [0.25, 0.3) is 62.0 Å². The van der Waals surface area contributed by atoms with Crippen molar-refractivity contribution >= 4 is 5.57 Å². The van der Waals surface area contributed by atoms with E-state index in [1.54, 1.807) is 5.57 Å². The van der Waals surface area contributed by atoms with Crippen molar-refractivity contribution in [3.8, 4) is 56.4 Å². The van der Waals surface area contributed by atoms with E-state index in [2.05, 4.69) is 92.7 Å². The zero-order valence-corrected chi connectivity index (χ0v) is 25.5. The van der Waals surface area contributed by atoms with Gasteiger partial charge in [0, 0.05) is 22.1 Å². The van der Waals surface area contributed by atoms with E-state index in [1.165, 1.54) is 27.8 Å². The fourth-order valence-electron chi connectivity index (χ4n) is 6.91. The maximum Gasteiger partial charge on any atom is 0.164 e. The lowest BCUT2D eigenvalue weighted by atomic mass is 9.78. The van der Waals surface area contributed by atoms with Gasteiger partial charge in [0.2, 0.25) is 0 Å². The topological polar surface area (TPSA) is 38.7 Å². The monoisotopic (exact) mass is 579 g/mol. The second-order valence-corrected chi connectivity index (χ2v) is 12.4. The van der Waals surface area contributed by atoms with Crippen molar-refractivity contribution in [1.29, 1.82) is 0 Å². The number of fused-ring (bicyclic) bond motifs is 2. The van der Waals surface area contributed by atoms with Crippen LogP contribution in [0.4, 0.5) is 0 Å². The highest BCUT2D eigenvalue weighted by atomic mass is 15.0. The Morgan fingerprint density at radius 2 is 1.04 bits per heavy atom. The van der Waals surface area contributed by atoms with Crippen LogP contribution in [-0.2, 0) is 5.41 Å². The summed E-state index contributed by atoms with van der Waals surface area (Å²) in [7, 11) is 0. The number of hydrogen-bond acceptors (Lipinski definition) is 3. The van der Waals surface area contributed by atoms with Crippen LogP contribution < -0.4 is 0 Å². The maximum absolute atomic E-state index is 5.00. The van der Waals surface area contributed by atoms with Gasteiger partial charge in [-0.3, -0.25) is 0 Å². The van der Waals surface area contributed by atoms with Gasteiger partial charge in [-0.2, -0.15) is 0 Å². The fourth-order valence-corrected chi connectivity index (χ4v) is 6.91. The van der Waals surface area contributed by atoms with Gasteiger partial charge in [0.05, 0.1) is 0 Å². The minimum absolute atomic E-state index is 0.0616. The van der Waals surface area contributed by atoms with Crippen LogP contribution in [-0.4, -0.2) is 15.0 Å². The second kappa shape index (κ2) is 10.9. The van der Waals surface area contributed by atoms with Crippen molar-refractivity contribution in [2.75, 3.05) is 0 Å². The first-order valence-corrected chi connectivity index (χ1v) is 15.7. The van der Waals surface area contributed by atoms with E-state index in [4.69, 9.17) is 15.0 Å². The molecule has 216 valence electrons. The highest BCUT2D eigenvalue weighted by molar-refractivity contribution is 5.88. The Balaban J connectivity index is 1.18. The molecule has 0 aliphatic heterocycles. The van der Waals surface area contributed by atoms with E-state index in [9.17, 15) is 0 Å². The molecule has 1 heterocycles. The Labute approximate surface area is 264 Å². The number of aromatic nitrogens is 3. The average molecular weight is 580 g/mol. The molecule has 0 N–H and O–H groups in total. The zero-order valence-electron chi connectivity index (χ0n) is 25.5. The fraction of sp³-hybridized carbons (Fsp3) is 0.119. The largest absolute Gasteiger partial charge is 0.208 e. The van der Waals surface area contributed by atoms with E-state index in [0.717, 1.165) is 40.7 Å². The Morgan fingerprint density at radius 1 is 0.489 bits per heavy atom. The molecule has 0 spiro atoms. The van der Waals surface area contributed by atoms with Crippen molar-refractivity contribution in [2.24, 2.45) is 0 Å². The standard InChI is InChI=1S/C42H33N3/c1-42(2)37-20-12-11-18-34(37)35-26-25-32(27-38(35)42)28-21-23-29(24-22-28)33-17-9-10-19-36(33)41-44-39(30-13-5-3-6-14-30)43-40(45-41)31-15-7-4-8-16-31/h3-11,13-19,21-27H,12,20H2,1-2H3. The van der Waals surface area contributed by atoms with Crippen molar-refractivity contribution < 1.29 is 0 Å². The summed E-state index contributed by atoms with van der Waals surface area (Å²) >= 11 is 0. The van der Waals surface area contributed by atoms with Crippen LogP contribution in [0.3, 0.4) is 0 Å². The number of hydrogen-bond donors (Lipinski definition) is 0. The summed E-state index contributed by atoms with van der Waals surface area (Å²) < 4.78 is 0. The third-order valence-corrected chi connectivity index (χ3v) is 9.30. The molecule has 0 amide bonds. The lowest BCUT2D eigenvalue weighted by Gasteiger charge is -2.26. The van der Waals surface area contributed by atoms with Gasteiger partial charge in [0.1, 0.15) is 0 Å². The van der Waals surface area contributed by atoms with Crippen LogP contribution in [0.5, 0.6) is 0 Å². The van der Waals surface area contributed by atoms with E-state index in [-0.39, 0.29) is 5.41 Å². The van der Waals surface area contributed by atoms with Crippen molar-refractivity contribution in [1.82, 2.24) is 15.0 Å². The van der Waals surface area contributed by atoms with Crippen molar-refractivity contribution in [2.45, 2.75) is 32.1 Å². The summed E-state index contributed by atoms with van der Waals surface area (Å²) in [5, 5.41) is 0. The third-order valence-electron chi connectivity index (χ3n) is 9.30. The number of nitrogens with zero attached hydrogens (tertiary/aromatic N) is 3. The van der Waals surface area contributed by atoms with Gasteiger partial charge < -0.3 is 0 Å². The highest BCUT2D eigenvalue weighted by Gasteiger charge is 2.37. The number of allylic oxidation sites excluding steroid dienone is 4. The van der Waals surface area contributed by atoms with Crippen LogP contribution in [0.1, 0.15) is 37.8 Å².